The van der Waals surface area contributed by atoms with Crippen molar-refractivity contribution >= 4 is 29.4 Å². The summed E-state index contributed by atoms with van der Waals surface area (Å²) < 4.78 is 0. The Morgan fingerprint density at radius 1 is 1.15 bits per heavy atom. The van der Waals surface area contributed by atoms with Gasteiger partial charge in [0.25, 0.3) is 5.91 Å². The lowest BCUT2D eigenvalue weighted by atomic mass is 10.0. The molecule has 1 heterocycles. The van der Waals surface area contributed by atoms with Crippen molar-refractivity contribution in [3.8, 4) is 0 Å². The van der Waals surface area contributed by atoms with E-state index < -0.39 is 5.91 Å². The summed E-state index contributed by atoms with van der Waals surface area (Å²) in [6.07, 6.45) is 4.75. The molecular formula is C24H34N8O2. The Bertz CT molecular complexity index is 1070. The molecule has 1 aromatic carbocycles. The van der Waals surface area contributed by atoms with E-state index in [9.17, 15) is 9.59 Å². The molecular weight excluding hydrogens is 432 g/mol. The third kappa shape index (κ3) is 7.31. The van der Waals surface area contributed by atoms with Crippen LogP contribution in [0.5, 0.6) is 0 Å². The Labute approximate surface area is 200 Å². The first-order valence-electron chi connectivity index (χ1n) is 10.8. The number of rotatable bonds is 11. The van der Waals surface area contributed by atoms with Crippen molar-refractivity contribution in [2.75, 3.05) is 58.8 Å². The molecule has 0 unspecified atom stereocenters. The van der Waals surface area contributed by atoms with Gasteiger partial charge in [-0.1, -0.05) is 24.8 Å². The molecule has 0 saturated carbocycles. The molecule has 1 aromatic heterocycles. The summed E-state index contributed by atoms with van der Waals surface area (Å²) in [6, 6.07) is 5.78. The number of aryl methyl sites for hydroxylation is 1. The molecule has 34 heavy (non-hydrogen) atoms. The maximum Gasteiger partial charge on any atom is 0.273 e. The van der Waals surface area contributed by atoms with Gasteiger partial charge in [0.15, 0.2) is 11.5 Å². The van der Waals surface area contributed by atoms with Gasteiger partial charge in [0, 0.05) is 57.5 Å². The van der Waals surface area contributed by atoms with Gasteiger partial charge in [-0.25, -0.2) is 9.97 Å². The van der Waals surface area contributed by atoms with Gasteiger partial charge >= 0.3 is 0 Å². The third-order valence-corrected chi connectivity index (χ3v) is 5.41. The molecule has 2 amide bonds. The molecule has 182 valence electrons. The molecule has 0 spiro atoms. The molecule has 0 fully saturated rings. The van der Waals surface area contributed by atoms with E-state index in [2.05, 4.69) is 27.2 Å². The fourth-order valence-electron chi connectivity index (χ4n) is 3.14. The number of aromatic nitrogens is 2. The molecule has 10 heteroatoms. The van der Waals surface area contributed by atoms with E-state index in [0.29, 0.717) is 31.0 Å². The Hall–Kier alpha value is -3.92. The zero-order chi connectivity index (χ0) is 25.3. The van der Waals surface area contributed by atoms with E-state index in [0.717, 1.165) is 16.7 Å². The van der Waals surface area contributed by atoms with Crippen molar-refractivity contribution in [2.24, 2.45) is 0 Å². The Kier molecular flexibility index (Phi) is 9.57. The predicted molar refractivity (Wildman–Crippen MR) is 136 cm³/mol. The summed E-state index contributed by atoms with van der Waals surface area (Å²) in [6.45, 7) is 7.93. The molecule has 2 aromatic rings. The zero-order valence-electron chi connectivity index (χ0n) is 20.3. The second-order valence-corrected chi connectivity index (χ2v) is 8.00. The summed E-state index contributed by atoms with van der Waals surface area (Å²) in [5.74, 6) is -0.427. The maximum atomic E-state index is 12.6. The second-order valence-electron chi connectivity index (χ2n) is 8.00. The highest BCUT2D eigenvalue weighted by atomic mass is 16.2. The minimum Gasteiger partial charge on any atom is -0.398 e. The highest BCUT2D eigenvalue weighted by Gasteiger charge is 2.16. The molecule has 0 bridgehead atoms. The average molecular weight is 467 g/mol. The highest BCUT2D eigenvalue weighted by Crippen LogP contribution is 2.22. The first kappa shape index (κ1) is 26.3. The number of benzene rings is 1. The summed E-state index contributed by atoms with van der Waals surface area (Å²) in [5, 5.41) is 5.46. The number of nitrogens with two attached hydrogens (primary N) is 2. The summed E-state index contributed by atoms with van der Waals surface area (Å²) >= 11 is 0. The number of nitrogen functional groups attached to an aromatic ring is 2. The number of carbonyl (C=O) groups excluding carboxylic acids is 2. The molecule has 0 aliphatic rings. The summed E-state index contributed by atoms with van der Waals surface area (Å²) in [7, 11) is 5.40. The van der Waals surface area contributed by atoms with Crippen LogP contribution in [0.4, 0.5) is 11.5 Å². The molecule has 0 radical (unpaired) electrons. The molecule has 0 aliphatic heterocycles. The van der Waals surface area contributed by atoms with Gasteiger partial charge in [-0.3, -0.25) is 14.5 Å². The molecule has 6 N–H and O–H groups in total. The quantitative estimate of drug-likeness (QED) is 0.282. The Morgan fingerprint density at radius 2 is 1.85 bits per heavy atom. The minimum absolute atomic E-state index is 0.0505. The monoisotopic (exact) mass is 466 g/mol. The lowest BCUT2D eigenvalue weighted by Gasteiger charge is -2.27. The number of hydrogen-bond acceptors (Lipinski definition) is 8. The number of para-hydroxylation sites is 1. The fourth-order valence-corrected chi connectivity index (χ4v) is 3.14. The SMILES string of the molecule is C=C(/C(=C\c1cccc(C)c1N)CNC(=O)c1nccnc1N)N(C)CCN(C)CC(=O)NC. The van der Waals surface area contributed by atoms with Gasteiger partial charge in [0.05, 0.1) is 6.54 Å². The van der Waals surface area contributed by atoms with Crippen molar-refractivity contribution in [2.45, 2.75) is 6.92 Å². The Morgan fingerprint density at radius 3 is 2.53 bits per heavy atom. The number of nitrogens with one attached hydrogen (secondary N) is 2. The van der Waals surface area contributed by atoms with Gasteiger partial charge in [0.1, 0.15) is 0 Å². The topological polar surface area (TPSA) is 142 Å². The van der Waals surface area contributed by atoms with Crippen LogP contribution in [0.2, 0.25) is 0 Å². The van der Waals surface area contributed by atoms with Crippen molar-refractivity contribution < 1.29 is 9.59 Å². The molecule has 0 atom stereocenters. The number of likely N-dealkylation sites (N-methyl/N-ethyl adjacent to an activating group) is 3. The van der Waals surface area contributed by atoms with Crippen LogP contribution in [-0.2, 0) is 4.79 Å². The normalized spacial score (nSPS) is 11.3. The average Bonchev–Trinajstić information content (AvgIpc) is 2.82. The number of carbonyl (C=O) groups is 2. The first-order valence-corrected chi connectivity index (χ1v) is 10.8. The van der Waals surface area contributed by atoms with Gasteiger partial charge < -0.3 is 27.0 Å². The van der Waals surface area contributed by atoms with Gasteiger partial charge in [-0.05, 0) is 36.7 Å². The summed E-state index contributed by atoms with van der Waals surface area (Å²) in [5.41, 5.74) is 16.0. The van der Waals surface area contributed by atoms with Gasteiger partial charge in [-0.15, -0.1) is 0 Å². The standard InChI is InChI=1S/C24H34N8O2/c1-16-7-6-8-18(21(16)25)13-19(14-30-24(34)22-23(26)29-10-9-28-22)17(2)32(5)12-11-31(4)15-20(33)27-3/h6-10,13H,2,11-12,14-15,25H2,1,3-5H3,(H2,26,29)(H,27,33)(H,30,34)/b19-13-. The van der Waals surface area contributed by atoms with E-state index in [1.54, 1.807) is 7.05 Å². The van der Waals surface area contributed by atoms with Crippen LogP contribution in [-0.4, -0.2) is 78.9 Å². The largest absolute Gasteiger partial charge is 0.398 e. The van der Waals surface area contributed by atoms with Gasteiger partial charge in [0.2, 0.25) is 5.91 Å². The lowest BCUT2D eigenvalue weighted by molar-refractivity contribution is -0.121. The predicted octanol–water partition coefficient (Wildman–Crippen LogP) is 0.886. The van der Waals surface area contributed by atoms with Crippen LogP contribution >= 0.6 is 0 Å². The van der Waals surface area contributed by atoms with Crippen molar-refractivity contribution in [1.82, 2.24) is 30.4 Å². The second kappa shape index (κ2) is 12.4. The van der Waals surface area contributed by atoms with Crippen LogP contribution in [0.3, 0.4) is 0 Å². The highest BCUT2D eigenvalue weighted by molar-refractivity contribution is 5.96. The van der Waals surface area contributed by atoms with Crippen LogP contribution in [0.1, 0.15) is 21.6 Å². The van der Waals surface area contributed by atoms with E-state index >= 15 is 0 Å². The maximum absolute atomic E-state index is 12.6. The molecule has 0 saturated heterocycles. The Balaban J connectivity index is 2.20. The number of anilines is 2. The van der Waals surface area contributed by atoms with Crippen molar-refractivity contribution in [3.05, 3.63) is 65.3 Å². The van der Waals surface area contributed by atoms with Crippen LogP contribution in [0.25, 0.3) is 6.08 Å². The van der Waals surface area contributed by atoms with Crippen LogP contribution in [0.15, 0.2) is 48.4 Å². The first-order chi connectivity index (χ1) is 16.1. The fraction of sp³-hybridized carbons (Fsp3) is 0.333. The summed E-state index contributed by atoms with van der Waals surface area (Å²) in [4.78, 5) is 36.1. The smallest absolute Gasteiger partial charge is 0.273 e. The molecule has 0 aliphatic carbocycles. The number of nitrogens with zero attached hydrogens (tertiary/aromatic N) is 4. The van der Waals surface area contributed by atoms with Crippen LogP contribution < -0.4 is 22.1 Å². The van der Waals surface area contributed by atoms with E-state index in [1.165, 1.54) is 12.4 Å². The minimum atomic E-state index is -0.436. The molecule has 10 nitrogen and oxygen atoms in total. The number of amides is 2. The molecule has 2 rings (SSSR count). The van der Waals surface area contributed by atoms with E-state index in [1.807, 2.05) is 55.1 Å². The zero-order valence-corrected chi connectivity index (χ0v) is 20.3. The van der Waals surface area contributed by atoms with Gasteiger partial charge in [-0.2, -0.15) is 0 Å². The third-order valence-electron chi connectivity index (χ3n) is 5.41. The van der Waals surface area contributed by atoms with Crippen molar-refractivity contribution in [3.63, 3.8) is 0 Å². The van der Waals surface area contributed by atoms with Crippen molar-refractivity contribution in [1.29, 1.82) is 0 Å². The lowest BCUT2D eigenvalue weighted by Crippen LogP contribution is -2.37. The van der Waals surface area contributed by atoms with E-state index in [4.69, 9.17) is 11.5 Å². The number of hydrogen-bond donors (Lipinski definition) is 4. The van der Waals surface area contributed by atoms with Crippen LogP contribution in [0, 0.1) is 6.92 Å². The van der Waals surface area contributed by atoms with E-state index in [-0.39, 0.29) is 24.0 Å².